The lowest BCUT2D eigenvalue weighted by molar-refractivity contribution is -0.384. The molecule has 3 amide bonds. The molecule has 2 N–H and O–H groups in total. The molecule has 1 atom stereocenters. The highest BCUT2D eigenvalue weighted by Crippen LogP contribution is 2.20. The Kier molecular flexibility index (Phi) is 7.77. The van der Waals surface area contributed by atoms with Crippen molar-refractivity contribution in [2.45, 2.75) is 26.3 Å². The van der Waals surface area contributed by atoms with Crippen LogP contribution in [-0.2, 0) is 4.79 Å². The molecule has 1 aliphatic rings. The molecule has 0 spiro atoms. The molecular formula is C19H26N6O4. The predicted molar refractivity (Wildman–Crippen MR) is 107 cm³/mol. The summed E-state index contributed by atoms with van der Waals surface area (Å²) in [5.41, 5.74) is 0.904. The molecule has 1 aromatic rings. The smallest absolute Gasteiger partial charge is 0.318 e. The fourth-order valence-corrected chi connectivity index (χ4v) is 3.15. The second-order valence-electron chi connectivity index (χ2n) is 7.26. The van der Waals surface area contributed by atoms with Crippen LogP contribution in [0.1, 0.15) is 20.3 Å². The van der Waals surface area contributed by atoms with Crippen LogP contribution < -0.4 is 15.5 Å². The standard InChI is InChI=1S/C19H26N6O4/c1-14(2)13-17(18(26)21-8-7-20)22-19(27)24-11-9-23(10-12-24)15-3-5-16(6-4-15)25(28)29/h3-6,14,17H,8-13H2,1-2H3,(H,21,26)(H,22,27)/t17-/m0/s1. The second kappa shape index (κ2) is 10.3. The molecule has 1 aliphatic heterocycles. The van der Waals surface area contributed by atoms with Crippen molar-refractivity contribution in [1.82, 2.24) is 15.5 Å². The molecule has 0 unspecified atom stereocenters. The zero-order chi connectivity index (χ0) is 21.4. The van der Waals surface area contributed by atoms with Crippen LogP contribution in [0.4, 0.5) is 16.2 Å². The van der Waals surface area contributed by atoms with Crippen LogP contribution in [0.5, 0.6) is 0 Å². The molecule has 1 saturated heterocycles. The Balaban J connectivity index is 1.91. The summed E-state index contributed by atoms with van der Waals surface area (Å²) in [5, 5.41) is 24.7. The third kappa shape index (κ3) is 6.34. The lowest BCUT2D eigenvalue weighted by atomic mass is 10.0. The van der Waals surface area contributed by atoms with Crippen LogP contribution in [-0.4, -0.2) is 60.5 Å². The molecule has 2 rings (SSSR count). The van der Waals surface area contributed by atoms with E-state index in [0.717, 1.165) is 5.69 Å². The maximum absolute atomic E-state index is 12.6. The van der Waals surface area contributed by atoms with Crippen molar-refractivity contribution in [2.24, 2.45) is 5.92 Å². The minimum atomic E-state index is -0.691. The Hall–Kier alpha value is -3.35. The number of amides is 3. The normalized spacial score (nSPS) is 14.8. The van der Waals surface area contributed by atoms with Crippen LogP contribution in [0.25, 0.3) is 0 Å². The zero-order valence-electron chi connectivity index (χ0n) is 16.6. The zero-order valence-corrected chi connectivity index (χ0v) is 16.6. The van der Waals surface area contributed by atoms with Crippen molar-refractivity contribution in [2.75, 3.05) is 37.6 Å². The number of urea groups is 1. The minimum absolute atomic E-state index is 0.0395. The minimum Gasteiger partial charge on any atom is -0.368 e. The molecule has 0 aliphatic carbocycles. The van der Waals surface area contributed by atoms with Crippen LogP contribution >= 0.6 is 0 Å². The van der Waals surface area contributed by atoms with E-state index in [9.17, 15) is 19.7 Å². The van der Waals surface area contributed by atoms with E-state index < -0.39 is 11.0 Å². The number of rotatable bonds is 7. The predicted octanol–water partition coefficient (Wildman–Crippen LogP) is 1.48. The first-order chi connectivity index (χ1) is 13.8. The summed E-state index contributed by atoms with van der Waals surface area (Å²) in [5.74, 6) is -0.162. The number of non-ortho nitro benzene ring substituents is 1. The van der Waals surface area contributed by atoms with Gasteiger partial charge in [0.2, 0.25) is 5.91 Å². The topological polar surface area (TPSA) is 132 Å². The summed E-state index contributed by atoms with van der Waals surface area (Å²) in [7, 11) is 0. The highest BCUT2D eigenvalue weighted by molar-refractivity contribution is 5.87. The average Bonchev–Trinajstić information content (AvgIpc) is 2.71. The monoisotopic (exact) mass is 402 g/mol. The molecule has 29 heavy (non-hydrogen) atoms. The number of hydrogen-bond donors (Lipinski definition) is 2. The maximum Gasteiger partial charge on any atom is 0.318 e. The molecule has 1 heterocycles. The van der Waals surface area contributed by atoms with E-state index >= 15 is 0 Å². The SMILES string of the molecule is CC(C)C[C@H](NC(=O)N1CCN(c2ccc([N+](=O)[O-])cc2)CC1)C(=O)NCC#N. The number of nitrogens with one attached hydrogen (secondary N) is 2. The van der Waals surface area contributed by atoms with E-state index in [1.165, 1.54) is 12.1 Å². The van der Waals surface area contributed by atoms with Gasteiger partial charge in [-0.2, -0.15) is 5.26 Å². The van der Waals surface area contributed by atoms with Crippen molar-refractivity contribution in [3.63, 3.8) is 0 Å². The number of benzene rings is 1. The van der Waals surface area contributed by atoms with Crippen LogP contribution in [0.15, 0.2) is 24.3 Å². The molecule has 0 radical (unpaired) electrons. The van der Waals surface area contributed by atoms with Crippen molar-refractivity contribution in [3.8, 4) is 6.07 Å². The van der Waals surface area contributed by atoms with Crippen molar-refractivity contribution in [3.05, 3.63) is 34.4 Å². The van der Waals surface area contributed by atoms with Gasteiger partial charge in [0.1, 0.15) is 12.6 Å². The van der Waals surface area contributed by atoms with E-state index in [1.807, 2.05) is 19.9 Å². The Morgan fingerprint density at radius 2 is 1.83 bits per heavy atom. The number of carbonyl (C=O) groups excluding carboxylic acids is 2. The largest absolute Gasteiger partial charge is 0.368 e. The van der Waals surface area contributed by atoms with Gasteiger partial charge in [0.15, 0.2) is 0 Å². The van der Waals surface area contributed by atoms with Gasteiger partial charge in [0.25, 0.3) is 5.69 Å². The van der Waals surface area contributed by atoms with Crippen LogP contribution in [0, 0.1) is 27.4 Å². The summed E-state index contributed by atoms with van der Waals surface area (Å²) in [6.07, 6.45) is 0.478. The van der Waals surface area contributed by atoms with Gasteiger partial charge in [-0.1, -0.05) is 13.8 Å². The number of nitro groups is 1. The Morgan fingerprint density at radius 3 is 2.34 bits per heavy atom. The second-order valence-corrected chi connectivity index (χ2v) is 7.26. The van der Waals surface area contributed by atoms with Gasteiger partial charge in [-0.05, 0) is 24.5 Å². The molecule has 10 heteroatoms. The maximum atomic E-state index is 12.6. The molecule has 0 saturated carbocycles. The van der Waals surface area contributed by atoms with Gasteiger partial charge in [0, 0.05) is 44.0 Å². The number of hydrogen-bond acceptors (Lipinski definition) is 6. The van der Waals surface area contributed by atoms with Crippen molar-refractivity contribution < 1.29 is 14.5 Å². The van der Waals surface area contributed by atoms with Crippen LogP contribution in [0.2, 0.25) is 0 Å². The molecule has 1 aromatic carbocycles. The molecule has 156 valence electrons. The van der Waals surface area contributed by atoms with Gasteiger partial charge < -0.3 is 20.4 Å². The molecular weight excluding hydrogens is 376 g/mol. The first-order valence-electron chi connectivity index (χ1n) is 9.51. The average molecular weight is 402 g/mol. The highest BCUT2D eigenvalue weighted by atomic mass is 16.6. The number of carbonyl (C=O) groups is 2. The summed E-state index contributed by atoms with van der Waals surface area (Å²) in [6, 6.07) is 7.18. The van der Waals surface area contributed by atoms with E-state index in [4.69, 9.17) is 5.26 Å². The fraction of sp³-hybridized carbons (Fsp3) is 0.526. The van der Waals surface area contributed by atoms with E-state index in [0.29, 0.717) is 32.6 Å². The lowest BCUT2D eigenvalue weighted by Gasteiger charge is -2.36. The van der Waals surface area contributed by atoms with Crippen molar-refractivity contribution >= 4 is 23.3 Å². The molecule has 10 nitrogen and oxygen atoms in total. The Morgan fingerprint density at radius 1 is 1.21 bits per heavy atom. The van der Waals surface area contributed by atoms with E-state index in [-0.39, 0.29) is 30.1 Å². The van der Waals surface area contributed by atoms with Gasteiger partial charge in [0.05, 0.1) is 11.0 Å². The molecule has 0 bridgehead atoms. The van der Waals surface area contributed by atoms with Crippen LogP contribution in [0.3, 0.4) is 0 Å². The fourth-order valence-electron chi connectivity index (χ4n) is 3.15. The first-order valence-corrected chi connectivity index (χ1v) is 9.51. The number of anilines is 1. The number of nitriles is 1. The molecule has 1 fully saturated rings. The summed E-state index contributed by atoms with van der Waals surface area (Å²) < 4.78 is 0. The number of nitro benzene ring substituents is 1. The third-order valence-corrected chi connectivity index (χ3v) is 4.66. The number of nitrogens with zero attached hydrogens (tertiary/aromatic N) is 4. The summed E-state index contributed by atoms with van der Waals surface area (Å²) >= 11 is 0. The van der Waals surface area contributed by atoms with Crippen molar-refractivity contribution in [1.29, 1.82) is 5.26 Å². The third-order valence-electron chi connectivity index (χ3n) is 4.66. The quantitative estimate of drug-likeness (QED) is 0.403. The summed E-state index contributed by atoms with van der Waals surface area (Å²) in [4.78, 5) is 38.8. The van der Waals surface area contributed by atoms with E-state index in [2.05, 4.69) is 15.5 Å². The highest BCUT2D eigenvalue weighted by Gasteiger charge is 2.27. The Labute approximate surface area is 169 Å². The molecule has 0 aromatic heterocycles. The van der Waals surface area contributed by atoms with Gasteiger partial charge in [-0.15, -0.1) is 0 Å². The Bertz CT molecular complexity index is 766. The van der Waals surface area contributed by atoms with E-state index in [1.54, 1.807) is 17.0 Å². The van der Waals surface area contributed by atoms with Gasteiger partial charge >= 0.3 is 6.03 Å². The van der Waals surface area contributed by atoms with Gasteiger partial charge in [-0.3, -0.25) is 14.9 Å². The first kappa shape index (κ1) is 21.9. The lowest BCUT2D eigenvalue weighted by Crippen LogP contribution is -2.56. The number of piperazine rings is 1. The summed E-state index contributed by atoms with van der Waals surface area (Å²) in [6.45, 7) is 5.92. The van der Waals surface area contributed by atoms with Gasteiger partial charge in [-0.25, -0.2) is 4.79 Å².